The van der Waals surface area contributed by atoms with Gasteiger partial charge in [0.1, 0.15) is 13.1 Å². The second kappa shape index (κ2) is 49.6. The molecule has 0 fully saturated rings. The average Bonchev–Trinajstić information content (AvgIpc) is 0.845. The molecule has 0 aliphatic heterocycles. The summed E-state index contributed by atoms with van der Waals surface area (Å²) in [5, 5.41) is 17.0. The van der Waals surface area contributed by atoms with E-state index in [1.807, 2.05) is 0 Å². The van der Waals surface area contributed by atoms with Crippen molar-refractivity contribution in [3.8, 4) is 0 Å². The van der Waals surface area contributed by atoms with Crippen LogP contribution < -0.4 is 0 Å². The van der Waals surface area contributed by atoms with Crippen molar-refractivity contribution in [1.82, 2.24) is 0 Å². The van der Waals surface area contributed by atoms with Crippen LogP contribution in [-0.2, 0) is 0 Å². The Balaban J connectivity index is 0.000000696. The fraction of sp³-hybridized carbons (Fsp3) is 0.604. The molecule has 6 nitrogen and oxygen atoms in total. The fourth-order valence-electron chi connectivity index (χ4n) is 12.5. The molecule has 0 aromatic heterocycles. The van der Waals surface area contributed by atoms with Crippen molar-refractivity contribution in [1.29, 1.82) is 0 Å². The zero-order chi connectivity index (χ0) is 73.0. The van der Waals surface area contributed by atoms with E-state index < -0.39 is 0 Å². The molecule has 0 bridgehead atoms. The van der Waals surface area contributed by atoms with Crippen LogP contribution in [0.3, 0.4) is 0 Å². The van der Waals surface area contributed by atoms with Gasteiger partial charge in [0.05, 0.1) is 110 Å². The van der Waals surface area contributed by atoms with Crippen molar-refractivity contribution in [3.63, 3.8) is 0 Å². The topological polar surface area (TPSA) is 40.5 Å². The van der Waals surface area contributed by atoms with Gasteiger partial charge < -0.3 is 28.1 Å². The van der Waals surface area contributed by atoms with Crippen molar-refractivity contribution in [3.05, 3.63) is 213 Å². The summed E-state index contributed by atoms with van der Waals surface area (Å²) in [6, 6.07) is 60.6. The molecule has 0 spiro atoms. The van der Waals surface area contributed by atoms with E-state index in [2.05, 4.69) is 325 Å². The number of nitrogens with zero attached hydrogens (tertiary/aromatic N) is 4. The third-order valence-electron chi connectivity index (χ3n) is 21.1. The van der Waals surface area contributed by atoms with E-state index in [4.69, 9.17) is 10.2 Å². The lowest BCUT2D eigenvalue weighted by Gasteiger charge is -2.28. The van der Waals surface area contributed by atoms with Gasteiger partial charge in [0.25, 0.3) is 0 Å². The summed E-state index contributed by atoms with van der Waals surface area (Å²) in [7, 11) is 21.5. The number of likely N-dealkylation sites (N-methyl/N-ethyl adjacent to an activating group) is 2. The van der Waals surface area contributed by atoms with E-state index >= 15 is 0 Å². The summed E-state index contributed by atoms with van der Waals surface area (Å²) in [5.41, 5.74) is 14.8. The molecule has 6 rings (SSSR count). The molecule has 0 aliphatic rings. The molecule has 0 saturated carbocycles. The quantitative estimate of drug-likeness (QED) is 0.0389. The van der Waals surface area contributed by atoms with E-state index in [-0.39, 0.29) is 0 Å². The van der Waals surface area contributed by atoms with E-state index in [1.54, 1.807) is 0 Å². The summed E-state index contributed by atoms with van der Waals surface area (Å²) < 4.78 is 3.97. The molecule has 6 heteroatoms. The Bertz CT molecular complexity index is 2760. The maximum absolute atomic E-state index is 8.52. The Morgan fingerprint density at radius 2 is 0.464 bits per heavy atom. The van der Waals surface area contributed by atoms with E-state index in [0.29, 0.717) is 60.6 Å². The van der Waals surface area contributed by atoms with Crippen LogP contribution in [0.25, 0.3) is 0 Å². The normalized spacial score (nSPS) is 14.1. The number of aryl methyl sites for hydroxylation is 2. The predicted molar refractivity (Wildman–Crippen MR) is 431 cm³/mol. The maximum atomic E-state index is 8.52. The van der Waals surface area contributed by atoms with Gasteiger partial charge in [0.15, 0.2) is 0 Å². The molecule has 97 heavy (non-hydrogen) atoms. The van der Waals surface area contributed by atoms with Gasteiger partial charge in [-0.1, -0.05) is 244 Å². The molecule has 546 valence electrons. The zero-order valence-electron chi connectivity index (χ0n) is 67.6. The van der Waals surface area contributed by atoms with Crippen molar-refractivity contribution < 1.29 is 28.1 Å². The number of quaternary nitrogens is 4. The van der Waals surface area contributed by atoms with Crippen LogP contribution in [0.15, 0.2) is 158 Å². The Labute approximate surface area is 601 Å². The van der Waals surface area contributed by atoms with Gasteiger partial charge >= 0.3 is 0 Å². The highest BCUT2D eigenvalue weighted by molar-refractivity contribution is 5.33. The standard InChI is InChI=1S/C35H48.C34H46.2C6H16NO.2C5H14N/c1-6-13-28(8-3)31-21-23-33(24-22-31)35(25-29(9-4)30-15-11-10-12-16-30)26-34(14-7-2)32-19-17-27(5)18-20-32;1-6-13-27(7-2)31-20-22-33(23-21-31)34(24-28(8-3)30-14-11-10-12-15-30)25-29(9-4)32-18-16-26(5)17-19-32;2*1-4-7(2,3)5-6-8;2*1-5-6(2,3)4/h10-12,15-24,28-29,34-35H,6-9,13-14,25-26H2,1-5H3;10-12,14-23,27-29,34H,6-9,13,24-25H2,1-5H3;2*8H,4-6H2,1-3H3;2*5H2,1-4H3/q;;4*+1. The van der Waals surface area contributed by atoms with Crippen molar-refractivity contribution in [2.45, 2.75) is 241 Å². The Morgan fingerprint density at radius 1 is 0.258 bits per heavy atom. The van der Waals surface area contributed by atoms with Crippen LogP contribution in [-0.4, -0.2) is 151 Å². The monoisotopic (exact) mass is 1340 g/mol. The lowest BCUT2D eigenvalue weighted by Crippen LogP contribution is -2.41. The fourth-order valence-corrected chi connectivity index (χ4v) is 12.5. The highest BCUT2D eigenvalue weighted by atomic mass is 16.3. The number of benzene rings is 6. The molecule has 8 unspecified atom stereocenters. The van der Waals surface area contributed by atoms with Crippen molar-refractivity contribution in [2.24, 2.45) is 0 Å². The van der Waals surface area contributed by atoms with Crippen LogP contribution in [0.2, 0.25) is 0 Å². The molecule has 0 amide bonds. The van der Waals surface area contributed by atoms with Crippen molar-refractivity contribution in [2.75, 3.05) is 123 Å². The minimum atomic E-state index is 0.292. The summed E-state index contributed by atoms with van der Waals surface area (Å²) in [6.45, 7) is 38.5. The molecule has 0 radical (unpaired) electrons. The molecule has 0 heterocycles. The number of aliphatic hydroxyl groups is 2. The third kappa shape index (κ3) is 37.9. The second-order valence-corrected chi connectivity index (χ2v) is 31.5. The van der Waals surface area contributed by atoms with Crippen LogP contribution in [0, 0.1) is 13.8 Å². The Morgan fingerprint density at radius 3 is 0.680 bits per heavy atom. The van der Waals surface area contributed by atoms with E-state index in [1.165, 1.54) is 165 Å². The highest BCUT2D eigenvalue weighted by Gasteiger charge is 2.26. The molecular weight excluding hydrogens is 1180 g/mol. The first-order valence-electron chi connectivity index (χ1n) is 38.9. The van der Waals surface area contributed by atoms with Gasteiger partial charge in [-0.15, -0.1) is 0 Å². The zero-order valence-corrected chi connectivity index (χ0v) is 67.6. The number of hydrogen-bond acceptors (Lipinski definition) is 2. The van der Waals surface area contributed by atoms with Crippen LogP contribution in [0.4, 0.5) is 0 Å². The summed E-state index contributed by atoms with van der Waals surface area (Å²) >= 11 is 0. The minimum Gasteiger partial charge on any atom is -0.391 e. The van der Waals surface area contributed by atoms with Gasteiger partial charge in [0.2, 0.25) is 0 Å². The summed E-state index contributed by atoms with van der Waals surface area (Å²) in [6.07, 6.45) is 18.5. The van der Waals surface area contributed by atoms with Gasteiger partial charge in [-0.3, -0.25) is 0 Å². The number of aliphatic hydroxyl groups excluding tert-OH is 2. The molecule has 6 aromatic carbocycles. The molecule has 6 aromatic rings. The summed E-state index contributed by atoms with van der Waals surface area (Å²) in [5.74, 6) is 4.94. The van der Waals surface area contributed by atoms with E-state index in [0.717, 1.165) is 44.1 Å². The molecule has 0 aliphatic carbocycles. The SMILES string of the molecule is CCCC(CC)c1ccc(C(CC(CC)c2ccccc2)CC(CC)c2ccc(C)cc2)cc1.CCCC(CC)c1ccc(C(CC(CC)c2ccccc2)CC(CCC)c2ccc(C)cc2)cc1.CC[N+](C)(C)C.CC[N+](C)(C)C.CC[N+](C)(C)CCO.CC[N+](C)(C)CCO. The third-order valence-corrected chi connectivity index (χ3v) is 21.1. The van der Waals surface area contributed by atoms with Gasteiger partial charge in [-0.25, -0.2) is 0 Å². The smallest absolute Gasteiger partial charge is 0.102 e. The second-order valence-electron chi connectivity index (χ2n) is 31.5. The average molecular weight is 1340 g/mol. The largest absolute Gasteiger partial charge is 0.391 e. The lowest BCUT2D eigenvalue weighted by atomic mass is 9.76. The van der Waals surface area contributed by atoms with Gasteiger partial charge in [0, 0.05) is 0 Å². The molecule has 2 N–H and O–H groups in total. The van der Waals surface area contributed by atoms with Crippen LogP contribution >= 0.6 is 0 Å². The predicted octanol–water partition coefficient (Wildman–Crippen LogP) is 23.0. The van der Waals surface area contributed by atoms with Crippen LogP contribution in [0.5, 0.6) is 0 Å². The molecule has 0 saturated heterocycles. The Kier molecular flexibility index (Phi) is 46.1. The first-order valence-corrected chi connectivity index (χ1v) is 38.9. The van der Waals surface area contributed by atoms with Crippen molar-refractivity contribution >= 4 is 0 Å². The van der Waals surface area contributed by atoms with Gasteiger partial charge in [-0.05, 0) is 210 Å². The molecule has 8 atom stereocenters. The first kappa shape index (κ1) is 90.1. The highest BCUT2D eigenvalue weighted by Crippen LogP contribution is 2.43. The molecular formula is C91H154N4O2+4. The number of rotatable bonds is 35. The van der Waals surface area contributed by atoms with Crippen LogP contribution in [0.1, 0.15) is 282 Å². The van der Waals surface area contributed by atoms with Gasteiger partial charge in [-0.2, -0.15) is 0 Å². The summed E-state index contributed by atoms with van der Waals surface area (Å²) in [4.78, 5) is 0. The van der Waals surface area contributed by atoms with E-state index in [9.17, 15) is 0 Å². The Hall–Kier alpha value is -4.92. The number of hydrogen-bond donors (Lipinski definition) is 2. The lowest BCUT2D eigenvalue weighted by molar-refractivity contribution is -0.888. The first-order chi connectivity index (χ1) is 46.0. The maximum Gasteiger partial charge on any atom is 0.102 e. The minimum absolute atomic E-state index is 0.292.